The monoisotopic (exact) mass is 155 g/mol. The van der Waals surface area contributed by atoms with E-state index < -0.39 is 0 Å². The standard InChI is InChI=1S/C7H13N3O/c1-3-9-7(11)10(4-2)6-5-8/h3-4,6H2,1-2H3,(H,9,11). The van der Waals surface area contributed by atoms with Gasteiger partial charge < -0.3 is 10.2 Å². The predicted molar refractivity (Wildman–Crippen MR) is 41.9 cm³/mol. The number of hydrogen-bond donors (Lipinski definition) is 1. The summed E-state index contributed by atoms with van der Waals surface area (Å²) in [4.78, 5) is 12.5. The van der Waals surface area contributed by atoms with Crippen LogP contribution in [-0.4, -0.2) is 30.6 Å². The summed E-state index contributed by atoms with van der Waals surface area (Å²) in [5.74, 6) is 0. The van der Waals surface area contributed by atoms with Gasteiger partial charge >= 0.3 is 6.03 Å². The molecule has 62 valence electrons. The summed E-state index contributed by atoms with van der Waals surface area (Å²) in [5, 5.41) is 10.9. The maximum atomic E-state index is 11.0. The van der Waals surface area contributed by atoms with Crippen molar-refractivity contribution in [1.29, 1.82) is 5.26 Å². The molecule has 0 aliphatic heterocycles. The highest BCUT2D eigenvalue weighted by molar-refractivity contribution is 5.74. The lowest BCUT2D eigenvalue weighted by molar-refractivity contribution is 0.207. The van der Waals surface area contributed by atoms with Gasteiger partial charge in [-0.15, -0.1) is 0 Å². The van der Waals surface area contributed by atoms with E-state index in [1.54, 1.807) is 0 Å². The minimum Gasteiger partial charge on any atom is -0.338 e. The Morgan fingerprint density at radius 2 is 2.27 bits per heavy atom. The second-order valence-corrected chi connectivity index (χ2v) is 2.01. The Labute approximate surface area is 66.8 Å². The molecule has 0 atom stereocenters. The Balaban J connectivity index is 3.83. The summed E-state index contributed by atoms with van der Waals surface area (Å²) in [7, 11) is 0. The number of nitriles is 1. The topological polar surface area (TPSA) is 56.1 Å². The van der Waals surface area contributed by atoms with Crippen LogP contribution >= 0.6 is 0 Å². The van der Waals surface area contributed by atoms with E-state index in [1.165, 1.54) is 4.90 Å². The Kier molecular flexibility index (Phi) is 4.91. The molecule has 0 aromatic heterocycles. The van der Waals surface area contributed by atoms with Crippen molar-refractivity contribution in [3.05, 3.63) is 0 Å². The van der Waals surface area contributed by atoms with E-state index in [9.17, 15) is 4.79 Å². The van der Waals surface area contributed by atoms with Crippen molar-refractivity contribution in [3.63, 3.8) is 0 Å². The Morgan fingerprint density at radius 3 is 2.64 bits per heavy atom. The van der Waals surface area contributed by atoms with Crippen LogP contribution in [0.3, 0.4) is 0 Å². The van der Waals surface area contributed by atoms with Gasteiger partial charge in [0.2, 0.25) is 0 Å². The fourth-order valence-corrected chi connectivity index (χ4v) is 0.676. The molecule has 0 fully saturated rings. The molecule has 0 radical (unpaired) electrons. The van der Waals surface area contributed by atoms with Crippen LogP contribution in [-0.2, 0) is 0 Å². The third-order valence-electron chi connectivity index (χ3n) is 1.26. The summed E-state index contributed by atoms with van der Waals surface area (Å²) in [6.07, 6.45) is 0. The van der Waals surface area contributed by atoms with Crippen LogP contribution in [0.4, 0.5) is 4.79 Å². The first kappa shape index (κ1) is 9.76. The number of urea groups is 1. The number of nitrogens with one attached hydrogen (secondary N) is 1. The van der Waals surface area contributed by atoms with Crippen LogP contribution in [0.15, 0.2) is 0 Å². The minimum absolute atomic E-state index is 0.155. The molecule has 0 aliphatic rings. The average molecular weight is 155 g/mol. The van der Waals surface area contributed by atoms with Crippen molar-refractivity contribution in [2.24, 2.45) is 0 Å². The van der Waals surface area contributed by atoms with Gasteiger partial charge in [0.25, 0.3) is 0 Å². The molecule has 0 saturated heterocycles. The second kappa shape index (κ2) is 5.54. The molecule has 0 heterocycles. The molecule has 0 bridgehead atoms. The third-order valence-corrected chi connectivity index (χ3v) is 1.26. The zero-order chi connectivity index (χ0) is 8.69. The van der Waals surface area contributed by atoms with Gasteiger partial charge in [-0.3, -0.25) is 0 Å². The van der Waals surface area contributed by atoms with Crippen molar-refractivity contribution < 1.29 is 4.79 Å². The Bertz CT molecular complexity index is 162. The summed E-state index contributed by atoms with van der Waals surface area (Å²) in [5.41, 5.74) is 0. The number of carbonyl (C=O) groups is 1. The van der Waals surface area contributed by atoms with Crippen LogP contribution in [0.2, 0.25) is 0 Å². The van der Waals surface area contributed by atoms with Crippen molar-refractivity contribution in [3.8, 4) is 6.07 Å². The zero-order valence-corrected chi connectivity index (χ0v) is 6.92. The van der Waals surface area contributed by atoms with E-state index in [4.69, 9.17) is 5.26 Å². The number of carbonyl (C=O) groups excluding carboxylic acids is 1. The first-order valence-corrected chi connectivity index (χ1v) is 3.66. The van der Waals surface area contributed by atoms with Crippen LogP contribution in [0.1, 0.15) is 13.8 Å². The molecule has 0 aliphatic carbocycles. The molecular formula is C7H13N3O. The fourth-order valence-electron chi connectivity index (χ4n) is 0.676. The molecular weight excluding hydrogens is 142 g/mol. The normalized spacial score (nSPS) is 8.45. The molecule has 11 heavy (non-hydrogen) atoms. The van der Waals surface area contributed by atoms with E-state index in [1.807, 2.05) is 19.9 Å². The Morgan fingerprint density at radius 1 is 1.64 bits per heavy atom. The molecule has 0 aromatic rings. The third kappa shape index (κ3) is 3.46. The Hall–Kier alpha value is -1.24. The predicted octanol–water partition coefficient (Wildman–Crippen LogP) is 0.561. The lowest BCUT2D eigenvalue weighted by Crippen LogP contribution is -2.39. The maximum Gasteiger partial charge on any atom is 0.318 e. The average Bonchev–Trinajstić information content (AvgIpc) is 2.00. The van der Waals surface area contributed by atoms with Crippen molar-refractivity contribution in [1.82, 2.24) is 10.2 Å². The maximum absolute atomic E-state index is 11.0. The summed E-state index contributed by atoms with van der Waals surface area (Å²) < 4.78 is 0. The molecule has 0 saturated carbocycles. The van der Waals surface area contributed by atoms with E-state index in [2.05, 4.69) is 5.32 Å². The van der Waals surface area contributed by atoms with Crippen LogP contribution < -0.4 is 5.32 Å². The van der Waals surface area contributed by atoms with Gasteiger partial charge in [-0.1, -0.05) is 0 Å². The van der Waals surface area contributed by atoms with Crippen LogP contribution in [0.5, 0.6) is 0 Å². The lowest BCUT2D eigenvalue weighted by Gasteiger charge is -2.16. The molecule has 0 rings (SSSR count). The van der Waals surface area contributed by atoms with Gasteiger partial charge in [-0.05, 0) is 13.8 Å². The van der Waals surface area contributed by atoms with Gasteiger partial charge in [0, 0.05) is 13.1 Å². The largest absolute Gasteiger partial charge is 0.338 e. The molecule has 2 amide bonds. The summed E-state index contributed by atoms with van der Waals surface area (Å²) in [6, 6.07) is 1.75. The summed E-state index contributed by atoms with van der Waals surface area (Å²) >= 11 is 0. The van der Waals surface area contributed by atoms with Gasteiger partial charge in [-0.25, -0.2) is 4.79 Å². The molecule has 0 unspecified atom stereocenters. The van der Waals surface area contributed by atoms with Crippen molar-refractivity contribution in [2.45, 2.75) is 13.8 Å². The highest BCUT2D eigenvalue weighted by Gasteiger charge is 2.07. The molecule has 0 spiro atoms. The smallest absolute Gasteiger partial charge is 0.318 e. The first-order valence-electron chi connectivity index (χ1n) is 3.66. The SMILES string of the molecule is CCNC(=O)N(CC)CC#N. The van der Waals surface area contributed by atoms with E-state index in [-0.39, 0.29) is 12.6 Å². The second-order valence-electron chi connectivity index (χ2n) is 2.01. The number of nitrogens with zero attached hydrogens (tertiary/aromatic N) is 2. The zero-order valence-electron chi connectivity index (χ0n) is 6.92. The highest BCUT2D eigenvalue weighted by Crippen LogP contribution is 1.86. The molecule has 4 heteroatoms. The van der Waals surface area contributed by atoms with Gasteiger partial charge in [0.05, 0.1) is 6.07 Å². The first-order chi connectivity index (χ1) is 5.26. The van der Waals surface area contributed by atoms with E-state index >= 15 is 0 Å². The minimum atomic E-state index is -0.170. The number of hydrogen-bond acceptors (Lipinski definition) is 2. The summed E-state index contributed by atoms with van der Waals surface area (Å²) in [6.45, 7) is 5.01. The van der Waals surface area contributed by atoms with Gasteiger partial charge in [-0.2, -0.15) is 5.26 Å². The molecule has 1 N–H and O–H groups in total. The van der Waals surface area contributed by atoms with Gasteiger partial charge in [0.1, 0.15) is 6.54 Å². The quantitative estimate of drug-likeness (QED) is 0.605. The van der Waals surface area contributed by atoms with Crippen LogP contribution in [0.25, 0.3) is 0 Å². The highest BCUT2D eigenvalue weighted by atomic mass is 16.2. The van der Waals surface area contributed by atoms with Gasteiger partial charge in [0.15, 0.2) is 0 Å². The van der Waals surface area contributed by atoms with E-state index in [0.717, 1.165) is 0 Å². The lowest BCUT2D eigenvalue weighted by atomic mass is 10.5. The van der Waals surface area contributed by atoms with Crippen molar-refractivity contribution >= 4 is 6.03 Å². The number of amides is 2. The molecule has 0 aromatic carbocycles. The fraction of sp³-hybridized carbons (Fsp3) is 0.714. The van der Waals surface area contributed by atoms with E-state index in [0.29, 0.717) is 13.1 Å². The van der Waals surface area contributed by atoms with Crippen molar-refractivity contribution in [2.75, 3.05) is 19.6 Å². The molecule has 4 nitrogen and oxygen atoms in total. The van der Waals surface area contributed by atoms with Crippen LogP contribution in [0, 0.1) is 11.3 Å². The number of rotatable bonds is 3.